The lowest BCUT2D eigenvalue weighted by molar-refractivity contribution is -0.216. The van der Waals surface area contributed by atoms with Crippen molar-refractivity contribution in [1.82, 2.24) is 0 Å². The third kappa shape index (κ3) is 8.53. The number of hydrogen-bond donors (Lipinski definition) is 0. The Kier molecular flexibility index (Phi) is 9.43. The third-order valence-corrected chi connectivity index (χ3v) is 5.83. The Balaban J connectivity index is 4.75. The van der Waals surface area contributed by atoms with Gasteiger partial charge in [-0.2, -0.15) is 0 Å². The summed E-state index contributed by atoms with van der Waals surface area (Å²) in [6.45, 7) is 7.80. The molecule has 122 valence electrons. The molecular formula is C11H25O7P2-. The SMILES string of the molecule is CCC(C)COP(=O)(OCC(C)CC)OP(=O)([O-])OC. The molecule has 0 radical (unpaired) electrons. The van der Waals surface area contributed by atoms with E-state index in [1.165, 1.54) is 0 Å². The van der Waals surface area contributed by atoms with E-state index in [0.29, 0.717) is 0 Å². The van der Waals surface area contributed by atoms with Crippen LogP contribution in [0.1, 0.15) is 40.5 Å². The van der Waals surface area contributed by atoms with E-state index in [1.54, 1.807) is 0 Å². The molecular weight excluding hydrogens is 306 g/mol. The zero-order valence-corrected chi connectivity index (χ0v) is 14.5. The van der Waals surface area contributed by atoms with Crippen LogP contribution in [0.2, 0.25) is 0 Å². The first-order valence-electron chi connectivity index (χ1n) is 6.65. The first-order valence-corrected chi connectivity index (χ1v) is 9.57. The van der Waals surface area contributed by atoms with Crippen molar-refractivity contribution in [2.45, 2.75) is 40.5 Å². The monoisotopic (exact) mass is 331 g/mol. The molecule has 0 rings (SSSR count). The molecule has 0 amide bonds. The van der Waals surface area contributed by atoms with Crippen molar-refractivity contribution in [1.29, 1.82) is 0 Å². The molecule has 0 aromatic carbocycles. The molecule has 0 saturated carbocycles. The maximum absolute atomic E-state index is 12.3. The normalized spacial score (nSPS) is 20.9. The highest BCUT2D eigenvalue weighted by atomic mass is 31.3. The minimum absolute atomic E-state index is 0.0813. The van der Waals surface area contributed by atoms with Crippen molar-refractivity contribution in [3.8, 4) is 0 Å². The Morgan fingerprint density at radius 1 is 1.00 bits per heavy atom. The van der Waals surface area contributed by atoms with Gasteiger partial charge in [0.05, 0.1) is 13.2 Å². The largest absolute Gasteiger partial charge is 0.756 e. The van der Waals surface area contributed by atoms with Crippen molar-refractivity contribution in [3.05, 3.63) is 0 Å². The van der Waals surface area contributed by atoms with Gasteiger partial charge in [-0.3, -0.25) is 13.6 Å². The Hall–Kier alpha value is 0.260. The average molecular weight is 331 g/mol. The van der Waals surface area contributed by atoms with Crippen LogP contribution >= 0.6 is 15.6 Å². The van der Waals surface area contributed by atoms with E-state index in [0.717, 1.165) is 20.0 Å². The van der Waals surface area contributed by atoms with Gasteiger partial charge in [0.25, 0.3) is 7.82 Å². The summed E-state index contributed by atoms with van der Waals surface area (Å²) < 4.78 is 42.4. The molecule has 0 aromatic heterocycles. The lowest BCUT2D eigenvalue weighted by Crippen LogP contribution is -2.13. The molecule has 3 unspecified atom stereocenters. The number of phosphoric ester groups is 2. The van der Waals surface area contributed by atoms with Gasteiger partial charge in [0.2, 0.25) is 0 Å². The predicted octanol–water partition coefficient (Wildman–Crippen LogP) is 3.35. The van der Waals surface area contributed by atoms with Crippen LogP contribution in [0.3, 0.4) is 0 Å². The van der Waals surface area contributed by atoms with E-state index in [2.05, 4.69) is 8.83 Å². The molecule has 0 bridgehead atoms. The molecule has 0 heterocycles. The maximum atomic E-state index is 12.3. The lowest BCUT2D eigenvalue weighted by Gasteiger charge is -2.26. The Morgan fingerprint density at radius 3 is 1.70 bits per heavy atom. The summed E-state index contributed by atoms with van der Waals surface area (Å²) in [5.74, 6) is 0.209. The summed E-state index contributed by atoms with van der Waals surface area (Å²) >= 11 is 0. The smallest absolute Gasteiger partial charge is 0.481 e. The fraction of sp³-hybridized carbons (Fsp3) is 1.00. The Labute approximate surface area is 121 Å². The van der Waals surface area contributed by atoms with Crippen molar-refractivity contribution in [3.63, 3.8) is 0 Å². The van der Waals surface area contributed by atoms with Gasteiger partial charge in [0, 0.05) is 7.11 Å². The highest BCUT2D eigenvalue weighted by molar-refractivity contribution is 7.61. The molecule has 0 aliphatic heterocycles. The van der Waals surface area contributed by atoms with Crippen LogP contribution < -0.4 is 4.89 Å². The molecule has 0 spiro atoms. The number of phosphoric acid groups is 2. The number of rotatable bonds is 11. The Morgan fingerprint density at radius 2 is 1.40 bits per heavy atom. The van der Waals surface area contributed by atoms with Crippen LogP contribution in [-0.4, -0.2) is 20.3 Å². The van der Waals surface area contributed by atoms with Gasteiger partial charge in [-0.1, -0.05) is 40.5 Å². The quantitative estimate of drug-likeness (QED) is 0.536. The van der Waals surface area contributed by atoms with Crippen molar-refractivity contribution in [2.24, 2.45) is 11.8 Å². The molecule has 3 atom stereocenters. The highest BCUT2D eigenvalue weighted by Gasteiger charge is 2.33. The van der Waals surface area contributed by atoms with Crippen LogP contribution in [-0.2, 0) is 27.0 Å². The van der Waals surface area contributed by atoms with E-state index >= 15 is 0 Å². The van der Waals surface area contributed by atoms with Gasteiger partial charge in [-0.15, -0.1) is 0 Å². The second-order valence-electron chi connectivity index (χ2n) is 4.78. The average Bonchev–Trinajstić information content (AvgIpc) is 2.41. The molecule has 0 aliphatic carbocycles. The molecule has 9 heteroatoms. The lowest BCUT2D eigenvalue weighted by atomic mass is 10.1. The molecule has 0 saturated heterocycles. The van der Waals surface area contributed by atoms with Gasteiger partial charge in [-0.25, -0.2) is 8.88 Å². The van der Waals surface area contributed by atoms with Crippen molar-refractivity contribution >= 4 is 15.6 Å². The van der Waals surface area contributed by atoms with Gasteiger partial charge >= 0.3 is 7.82 Å². The van der Waals surface area contributed by atoms with Gasteiger partial charge in [0.1, 0.15) is 0 Å². The van der Waals surface area contributed by atoms with Crippen LogP contribution in [0.25, 0.3) is 0 Å². The predicted molar refractivity (Wildman–Crippen MR) is 74.1 cm³/mol. The first kappa shape index (κ1) is 20.3. The van der Waals surface area contributed by atoms with E-state index in [-0.39, 0.29) is 25.0 Å². The fourth-order valence-corrected chi connectivity index (χ4v) is 3.49. The summed E-state index contributed by atoms with van der Waals surface area (Å²) in [4.78, 5) is 11.3. The van der Waals surface area contributed by atoms with Crippen molar-refractivity contribution < 1.29 is 31.9 Å². The first-order chi connectivity index (χ1) is 9.18. The standard InChI is InChI=1S/C11H26O7P2/c1-6-10(3)8-16-20(14,17-9-11(4)7-2)18-19(12,13)15-5/h10-11H,6-9H2,1-5H3,(H,12,13)/p-1. The maximum Gasteiger partial charge on any atom is 0.481 e. The van der Waals surface area contributed by atoms with E-state index < -0.39 is 15.6 Å². The highest BCUT2D eigenvalue weighted by Crippen LogP contribution is 2.61. The van der Waals surface area contributed by atoms with Gasteiger partial charge in [-0.05, 0) is 11.8 Å². The topological polar surface area (TPSA) is 94.1 Å². The van der Waals surface area contributed by atoms with Crippen LogP contribution in [0.15, 0.2) is 0 Å². The molecule has 0 N–H and O–H groups in total. The van der Waals surface area contributed by atoms with Crippen molar-refractivity contribution in [2.75, 3.05) is 20.3 Å². The van der Waals surface area contributed by atoms with Crippen LogP contribution in [0.4, 0.5) is 0 Å². The zero-order valence-electron chi connectivity index (χ0n) is 12.7. The Bertz CT molecular complexity index is 343. The van der Waals surface area contributed by atoms with E-state index in [9.17, 15) is 14.0 Å². The molecule has 0 fully saturated rings. The summed E-state index contributed by atoms with van der Waals surface area (Å²) in [6.07, 6.45) is 1.59. The molecule has 0 aliphatic rings. The second kappa shape index (κ2) is 9.31. The minimum Gasteiger partial charge on any atom is -0.756 e. The zero-order chi connectivity index (χ0) is 15.8. The second-order valence-corrected chi connectivity index (χ2v) is 8.10. The van der Waals surface area contributed by atoms with Crippen LogP contribution in [0, 0.1) is 11.8 Å². The van der Waals surface area contributed by atoms with Gasteiger partial charge in [0.15, 0.2) is 0 Å². The fourth-order valence-electron chi connectivity index (χ4n) is 0.913. The number of hydrogen-bond acceptors (Lipinski definition) is 7. The molecule has 0 aromatic rings. The molecule has 20 heavy (non-hydrogen) atoms. The van der Waals surface area contributed by atoms with E-state index in [4.69, 9.17) is 9.05 Å². The summed E-state index contributed by atoms with van der Waals surface area (Å²) in [5, 5.41) is 0. The molecule has 7 nitrogen and oxygen atoms in total. The minimum atomic E-state index is -4.69. The van der Waals surface area contributed by atoms with E-state index in [1.807, 2.05) is 27.7 Å². The summed E-state index contributed by atoms with van der Waals surface area (Å²) in [7, 11) is -7.97. The summed E-state index contributed by atoms with van der Waals surface area (Å²) in [6, 6.07) is 0. The summed E-state index contributed by atoms with van der Waals surface area (Å²) in [5.41, 5.74) is 0. The van der Waals surface area contributed by atoms with Gasteiger partial charge < -0.3 is 9.42 Å². The van der Waals surface area contributed by atoms with Crippen LogP contribution in [0.5, 0.6) is 0 Å². The third-order valence-electron chi connectivity index (χ3n) is 2.85.